The minimum Gasteiger partial charge on any atom is -0.383 e. The van der Waals surface area contributed by atoms with Crippen molar-refractivity contribution in [2.75, 3.05) is 5.73 Å². The number of hydrogen-bond donors (Lipinski definition) is 1. The molecule has 0 fully saturated rings. The molecule has 0 bridgehead atoms. The molecule has 96 valence electrons. The van der Waals surface area contributed by atoms with Crippen LogP contribution in [0.5, 0.6) is 0 Å². The lowest BCUT2D eigenvalue weighted by molar-refractivity contribution is 0.0947. The summed E-state index contributed by atoms with van der Waals surface area (Å²) in [6.45, 7) is 1.81. The van der Waals surface area contributed by atoms with Gasteiger partial charge in [0.1, 0.15) is 5.82 Å². The Morgan fingerprint density at radius 1 is 1.26 bits per heavy atom. The van der Waals surface area contributed by atoms with Crippen molar-refractivity contribution in [1.29, 1.82) is 0 Å². The molecule has 0 saturated heterocycles. The van der Waals surface area contributed by atoms with Crippen molar-refractivity contribution in [3.63, 3.8) is 0 Å². The zero-order chi connectivity index (χ0) is 13.6. The lowest BCUT2D eigenvalue weighted by atomic mass is 10.1. The number of aryl methyl sites for hydroxylation is 2. The summed E-state index contributed by atoms with van der Waals surface area (Å²) in [6, 6.07) is 9.23. The van der Waals surface area contributed by atoms with E-state index in [1.54, 1.807) is 19.1 Å². The third-order valence-electron chi connectivity index (χ3n) is 3.18. The van der Waals surface area contributed by atoms with Crippen LogP contribution in [0.2, 0.25) is 0 Å². The highest BCUT2D eigenvalue weighted by atomic mass is 16.2. The van der Waals surface area contributed by atoms with Crippen LogP contribution in [0.1, 0.15) is 16.1 Å². The fourth-order valence-electron chi connectivity index (χ4n) is 2.22. The fourth-order valence-corrected chi connectivity index (χ4v) is 2.22. The molecule has 0 aliphatic rings. The number of aromatic nitrogens is 3. The Morgan fingerprint density at radius 2 is 2.05 bits per heavy atom. The molecule has 3 rings (SSSR count). The monoisotopic (exact) mass is 254 g/mol. The summed E-state index contributed by atoms with van der Waals surface area (Å²) in [4.78, 5) is 12.3. The molecule has 0 unspecified atom stereocenters. The van der Waals surface area contributed by atoms with Crippen LogP contribution in [0.15, 0.2) is 36.5 Å². The Hall–Kier alpha value is -2.56. The number of fused-ring (bicyclic) bond motifs is 1. The highest BCUT2D eigenvalue weighted by Gasteiger charge is 2.14. The van der Waals surface area contributed by atoms with E-state index in [1.165, 1.54) is 4.68 Å². The minimum absolute atomic E-state index is 0.212. The minimum atomic E-state index is -0.212. The van der Waals surface area contributed by atoms with Gasteiger partial charge in [-0.25, -0.2) is 0 Å². The third kappa shape index (κ3) is 1.79. The maximum atomic E-state index is 12.3. The second kappa shape index (κ2) is 3.98. The summed E-state index contributed by atoms with van der Waals surface area (Å²) in [5, 5.41) is 5.13. The molecule has 0 aliphatic heterocycles. The molecule has 1 aromatic carbocycles. The molecule has 2 aromatic heterocycles. The first-order valence-corrected chi connectivity index (χ1v) is 5.98. The summed E-state index contributed by atoms with van der Waals surface area (Å²) in [7, 11) is 1.97. The van der Waals surface area contributed by atoms with E-state index in [1.807, 2.05) is 36.0 Å². The summed E-state index contributed by atoms with van der Waals surface area (Å²) in [5.41, 5.74) is 8.16. The molecule has 0 atom stereocenters. The molecule has 5 nitrogen and oxygen atoms in total. The highest BCUT2D eigenvalue weighted by molar-refractivity contribution is 6.00. The molecule has 5 heteroatoms. The first-order valence-electron chi connectivity index (χ1n) is 5.98. The van der Waals surface area contributed by atoms with Crippen LogP contribution in [-0.4, -0.2) is 20.3 Å². The summed E-state index contributed by atoms with van der Waals surface area (Å²) < 4.78 is 3.25. The maximum absolute atomic E-state index is 12.3. The van der Waals surface area contributed by atoms with E-state index < -0.39 is 0 Å². The Labute approximate surface area is 110 Å². The van der Waals surface area contributed by atoms with E-state index in [2.05, 4.69) is 5.10 Å². The molecular formula is C14H14N4O. The topological polar surface area (TPSA) is 65.8 Å². The second-order valence-corrected chi connectivity index (χ2v) is 4.63. The van der Waals surface area contributed by atoms with Gasteiger partial charge in [0.05, 0.1) is 5.69 Å². The predicted molar refractivity (Wildman–Crippen MR) is 74.0 cm³/mol. The van der Waals surface area contributed by atoms with E-state index in [0.29, 0.717) is 11.4 Å². The van der Waals surface area contributed by atoms with Crippen LogP contribution >= 0.6 is 0 Å². The predicted octanol–water partition coefficient (Wildman–Crippen LogP) is 1.95. The number of nitrogen functional groups attached to an aromatic ring is 1. The van der Waals surface area contributed by atoms with Gasteiger partial charge in [0.2, 0.25) is 0 Å². The molecule has 2 N–H and O–H groups in total. The van der Waals surface area contributed by atoms with E-state index in [4.69, 9.17) is 5.73 Å². The van der Waals surface area contributed by atoms with Crippen LogP contribution in [0.3, 0.4) is 0 Å². The SMILES string of the molecule is Cc1cc(N)n(C(=O)c2ccc3c(ccn3C)c2)n1. The van der Waals surface area contributed by atoms with Crippen LogP contribution in [-0.2, 0) is 7.05 Å². The molecule has 3 aromatic rings. The molecule has 0 amide bonds. The first-order chi connectivity index (χ1) is 9.06. The summed E-state index contributed by atoms with van der Waals surface area (Å²) in [5.74, 6) is 0.145. The molecule has 2 heterocycles. The van der Waals surface area contributed by atoms with Gasteiger partial charge in [-0.3, -0.25) is 4.79 Å². The highest BCUT2D eigenvalue weighted by Crippen LogP contribution is 2.18. The molecule has 0 spiro atoms. The molecule has 0 radical (unpaired) electrons. The van der Waals surface area contributed by atoms with Crippen LogP contribution in [0.25, 0.3) is 10.9 Å². The molecule has 0 aliphatic carbocycles. The van der Waals surface area contributed by atoms with Crippen molar-refractivity contribution in [2.24, 2.45) is 7.05 Å². The van der Waals surface area contributed by atoms with Gasteiger partial charge in [-0.05, 0) is 31.2 Å². The van der Waals surface area contributed by atoms with Crippen LogP contribution in [0, 0.1) is 6.92 Å². The zero-order valence-electron chi connectivity index (χ0n) is 10.8. The first kappa shape index (κ1) is 11.5. The van der Waals surface area contributed by atoms with Crippen LogP contribution < -0.4 is 5.73 Å². The molecular weight excluding hydrogens is 240 g/mol. The van der Waals surface area contributed by atoms with Crippen LogP contribution in [0.4, 0.5) is 5.82 Å². The van der Waals surface area contributed by atoms with Gasteiger partial charge in [-0.2, -0.15) is 9.78 Å². The molecule has 0 saturated carbocycles. The number of rotatable bonds is 1. The smallest absolute Gasteiger partial charge is 0.280 e. The maximum Gasteiger partial charge on any atom is 0.280 e. The van der Waals surface area contributed by atoms with Gasteiger partial charge in [-0.15, -0.1) is 0 Å². The van der Waals surface area contributed by atoms with Crippen molar-refractivity contribution in [1.82, 2.24) is 14.3 Å². The second-order valence-electron chi connectivity index (χ2n) is 4.63. The largest absolute Gasteiger partial charge is 0.383 e. The van der Waals surface area contributed by atoms with Crippen molar-refractivity contribution in [2.45, 2.75) is 6.92 Å². The number of nitrogens with zero attached hydrogens (tertiary/aromatic N) is 3. The third-order valence-corrected chi connectivity index (χ3v) is 3.18. The van der Waals surface area contributed by atoms with Crippen molar-refractivity contribution in [3.8, 4) is 0 Å². The Bertz CT molecular complexity index is 782. The molecule has 19 heavy (non-hydrogen) atoms. The van der Waals surface area contributed by atoms with Crippen molar-refractivity contribution in [3.05, 3.63) is 47.8 Å². The normalized spacial score (nSPS) is 11.1. The Balaban J connectivity index is 2.09. The van der Waals surface area contributed by atoms with Gasteiger partial charge in [0.15, 0.2) is 0 Å². The Kier molecular flexibility index (Phi) is 2.41. The number of benzene rings is 1. The van der Waals surface area contributed by atoms with Gasteiger partial charge >= 0.3 is 0 Å². The Morgan fingerprint density at radius 3 is 2.74 bits per heavy atom. The van der Waals surface area contributed by atoms with Crippen molar-refractivity contribution < 1.29 is 4.79 Å². The number of anilines is 1. The fraction of sp³-hybridized carbons (Fsp3) is 0.143. The van der Waals surface area contributed by atoms with E-state index >= 15 is 0 Å². The average Bonchev–Trinajstić information content (AvgIpc) is 2.92. The van der Waals surface area contributed by atoms with Gasteiger partial charge < -0.3 is 10.3 Å². The quantitative estimate of drug-likeness (QED) is 0.721. The van der Waals surface area contributed by atoms with Gasteiger partial charge in [0.25, 0.3) is 5.91 Å². The standard InChI is InChI=1S/C14H14N4O/c1-9-7-13(15)18(16-9)14(19)11-3-4-12-10(8-11)5-6-17(12)2/h3-8H,15H2,1-2H3. The van der Waals surface area contributed by atoms with E-state index in [9.17, 15) is 4.79 Å². The van der Waals surface area contributed by atoms with Gasteiger partial charge in [0, 0.05) is 35.8 Å². The number of carbonyl (C=O) groups is 1. The summed E-state index contributed by atoms with van der Waals surface area (Å²) in [6.07, 6.45) is 1.96. The van der Waals surface area contributed by atoms with Crippen molar-refractivity contribution >= 4 is 22.6 Å². The van der Waals surface area contributed by atoms with Gasteiger partial charge in [-0.1, -0.05) is 0 Å². The zero-order valence-corrected chi connectivity index (χ0v) is 10.8. The summed E-state index contributed by atoms with van der Waals surface area (Å²) >= 11 is 0. The number of nitrogens with two attached hydrogens (primary N) is 1. The number of hydrogen-bond acceptors (Lipinski definition) is 3. The lowest BCUT2D eigenvalue weighted by Gasteiger charge is -2.03. The average molecular weight is 254 g/mol. The number of carbonyl (C=O) groups excluding carboxylic acids is 1. The lowest BCUT2D eigenvalue weighted by Crippen LogP contribution is -2.16. The van der Waals surface area contributed by atoms with E-state index in [-0.39, 0.29) is 5.91 Å². The van der Waals surface area contributed by atoms with E-state index in [0.717, 1.165) is 16.6 Å².